The maximum Gasteiger partial charge on any atom is 0.177 e. The lowest BCUT2D eigenvalue weighted by Gasteiger charge is -1.99. The van der Waals surface area contributed by atoms with Gasteiger partial charge in [-0.15, -0.1) is 6.42 Å². The smallest absolute Gasteiger partial charge is 0.177 e. The summed E-state index contributed by atoms with van der Waals surface area (Å²) in [6.07, 6.45) is 7.39. The molecule has 0 aliphatic heterocycles. The van der Waals surface area contributed by atoms with Crippen molar-refractivity contribution in [2.24, 2.45) is 0 Å². The summed E-state index contributed by atoms with van der Waals surface area (Å²) in [4.78, 5) is 0. The third kappa shape index (κ3) is 1.86. The zero-order chi connectivity index (χ0) is 10.8. The first kappa shape index (κ1) is 10.1. The molecule has 1 aromatic heterocycles. The maximum atomic E-state index is 6.11. The minimum absolute atomic E-state index is 0.528. The van der Waals surface area contributed by atoms with Gasteiger partial charge in [0.15, 0.2) is 11.3 Å². The van der Waals surface area contributed by atoms with Crippen molar-refractivity contribution < 1.29 is 4.42 Å². The van der Waals surface area contributed by atoms with E-state index in [9.17, 15) is 0 Å². The highest BCUT2D eigenvalue weighted by molar-refractivity contribution is 6.34. The number of benzene rings is 1. The summed E-state index contributed by atoms with van der Waals surface area (Å²) in [5, 5.41) is 1.62. The Hall–Kier alpha value is -1.39. The fourth-order valence-corrected chi connectivity index (χ4v) is 1.96. The molecule has 1 nitrogen and oxygen atoms in total. The number of furan rings is 1. The van der Waals surface area contributed by atoms with E-state index in [2.05, 4.69) is 18.9 Å². The van der Waals surface area contributed by atoms with E-state index >= 15 is 0 Å². The Balaban J connectivity index is 2.61. The molecule has 76 valence electrons. The average Bonchev–Trinajstić information content (AvgIpc) is 2.62. The van der Waals surface area contributed by atoms with Gasteiger partial charge in [-0.1, -0.05) is 24.9 Å². The van der Waals surface area contributed by atoms with E-state index in [0.29, 0.717) is 16.4 Å². The summed E-state index contributed by atoms with van der Waals surface area (Å²) in [5.74, 6) is 3.00. The molecule has 0 fully saturated rings. The molecule has 0 aliphatic carbocycles. The van der Waals surface area contributed by atoms with Crippen LogP contribution in [0.3, 0.4) is 0 Å². The first-order valence-corrected chi connectivity index (χ1v) is 5.31. The van der Waals surface area contributed by atoms with Gasteiger partial charge in [0.25, 0.3) is 0 Å². The number of aryl methyl sites for hydroxylation is 1. The van der Waals surface area contributed by atoms with Crippen molar-refractivity contribution >= 4 is 22.6 Å². The van der Waals surface area contributed by atoms with Gasteiger partial charge in [0.05, 0.1) is 5.02 Å². The zero-order valence-corrected chi connectivity index (χ0v) is 9.27. The minimum atomic E-state index is 0.528. The number of hydrogen-bond donors (Lipinski definition) is 0. The number of halogens is 1. The summed E-state index contributed by atoms with van der Waals surface area (Å²) in [6, 6.07) is 5.87. The van der Waals surface area contributed by atoms with Gasteiger partial charge in [0.2, 0.25) is 0 Å². The predicted molar refractivity (Wildman–Crippen MR) is 63.2 cm³/mol. The average molecular weight is 219 g/mol. The van der Waals surface area contributed by atoms with Crippen molar-refractivity contribution in [3.05, 3.63) is 34.5 Å². The lowest BCUT2D eigenvalue weighted by molar-refractivity contribution is 0.601. The van der Waals surface area contributed by atoms with Crippen molar-refractivity contribution in [1.29, 1.82) is 0 Å². The molecule has 0 bridgehead atoms. The van der Waals surface area contributed by atoms with Gasteiger partial charge >= 0.3 is 0 Å². The second-order valence-corrected chi connectivity index (χ2v) is 3.91. The molecule has 2 heteroatoms. The molecule has 2 rings (SSSR count). The quantitative estimate of drug-likeness (QED) is 0.694. The summed E-state index contributed by atoms with van der Waals surface area (Å²) in [7, 11) is 0. The molecule has 0 aliphatic rings. The van der Waals surface area contributed by atoms with Crippen molar-refractivity contribution in [2.45, 2.75) is 19.8 Å². The van der Waals surface area contributed by atoms with Gasteiger partial charge in [-0.3, -0.25) is 0 Å². The number of hydrogen-bond acceptors (Lipinski definition) is 1. The Kier molecular flexibility index (Phi) is 2.70. The molecule has 0 saturated heterocycles. The second-order valence-electron chi connectivity index (χ2n) is 3.50. The Morgan fingerprint density at radius 1 is 1.40 bits per heavy atom. The van der Waals surface area contributed by atoms with E-state index in [1.807, 2.05) is 12.1 Å². The van der Waals surface area contributed by atoms with Crippen molar-refractivity contribution in [3.63, 3.8) is 0 Å². The summed E-state index contributed by atoms with van der Waals surface area (Å²) >= 11 is 6.11. The third-order valence-corrected chi connectivity index (χ3v) is 2.59. The van der Waals surface area contributed by atoms with Crippen molar-refractivity contribution in [3.8, 4) is 12.3 Å². The van der Waals surface area contributed by atoms with Gasteiger partial charge in [0, 0.05) is 11.5 Å². The van der Waals surface area contributed by atoms with Crippen LogP contribution in [0.15, 0.2) is 22.6 Å². The van der Waals surface area contributed by atoms with Crippen LogP contribution in [0.4, 0.5) is 0 Å². The van der Waals surface area contributed by atoms with Crippen LogP contribution in [-0.2, 0) is 6.42 Å². The Morgan fingerprint density at radius 2 is 2.20 bits per heavy atom. The number of rotatable bonds is 2. The van der Waals surface area contributed by atoms with Gasteiger partial charge in [0.1, 0.15) is 0 Å². The van der Waals surface area contributed by atoms with Gasteiger partial charge in [-0.25, -0.2) is 0 Å². The lowest BCUT2D eigenvalue weighted by Crippen LogP contribution is -1.82. The fraction of sp³-hybridized carbons (Fsp3) is 0.231. The molecule has 0 amide bonds. The predicted octanol–water partition coefficient (Wildman–Crippen LogP) is 4.02. The Bertz CT molecular complexity index is 531. The van der Waals surface area contributed by atoms with E-state index in [1.54, 1.807) is 0 Å². The minimum Gasteiger partial charge on any atom is -0.446 e. The van der Waals surface area contributed by atoms with Crippen LogP contribution in [0.1, 0.15) is 24.7 Å². The topological polar surface area (TPSA) is 13.1 Å². The second kappa shape index (κ2) is 4.00. The number of fused-ring (bicyclic) bond motifs is 1. The fourth-order valence-electron chi connectivity index (χ4n) is 1.67. The first-order chi connectivity index (χ1) is 7.24. The molecule has 0 spiro atoms. The molecule has 15 heavy (non-hydrogen) atoms. The van der Waals surface area contributed by atoms with Crippen molar-refractivity contribution in [2.75, 3.05) is 0 Å². The van der Waals surface area contributed by atoms with Crippen LogP contribution in [0.25, 0.3) is 11.0 Å². The molecule has 0 unspecified atom stereocenters. The standard InChI is InChI=1S/C13H11ClO/c1-3-5-9-6-10-8-11(4-2)15-13(10)12(14)7-9/h2,6-8H,3,5H2,1H3. The van der Waals surface area contributed by atoms with E-state index in [0.717, 1.165) is 18.2 Å². The lowest BCUT2D eigenvalue weighted by atomic mass is 10.1. The molecular weight excluding hydrogens is 208 g/mol. The molecule has 1 aromatic carbocycles. The monoisotopic (exact) mass is 218 g/mol. The SMILES string of the molecule is C#Cc1cc2cc(CCC)cc(Cl)c2o1. The highest BCUT2D eigenvalue weighted by atomic mass is 35.5. The Labute approximate surface area is 94.0 Å². The van der Waals surface area contributed by atoms with Crippen LogP contribution < -0.4 is 0 Å². The van der Waals surface area contributed by atoms with Gasteiger partial charge < -0.3 is 4.42 Å². The van der Waals surface area contributed by atoms with Crippen molar-refractivity contribution in [1.82, 2.24) is 0 Å². The summed E-state index contributed by atoms with van der Waals surface area (Å²) in [5.41, 5.74) is 1.91. The van der Waals surface area contributed by atoms with Crippen LogP contribution >= 0.6 is 11.6 Å². The highest BCUT2D eigenvalue weighted by Crippen LogP contribution is 2.28. The zero-order valence-electron chi connectivity index (χ0n) is 8.51. The summed E-state index contributed by atoms with van der Waals surface area (Å²) in [6.45, 7) is 2.14. The third-order valence-electron chi connectivity index (χ3n) is 2.31. The molecule has 0 N–H and O–H groups in total. The van der Waals surface area contributed by atoms with Gasteiger partial charge in [-0.05, 0) is 30.0 Å². The Morgan fingerprint density at radius 3 is 2.87 bits per heavy atom. The van der Waals surface area contributed by atoms with E-state index in [-0.39, 0.29) is 0 Å². The summed E-state index contributed by atoms with van der Waals surface area (Å²) < 4.78 is 5.41. The van der Waals surface area contributed by atoms with Gasteiger partial charge in [-0.2, -0.15) is 0 Å². The number of terminal acetylenes is 1. The molecule has 0 saturated carbocycles. The molecule has 2 aromatic rings. The highest BCUT2D eigenvalue weighted by Gasteiger charge is 2.07. The molecule has 1 heterocycles. The normalized spacial score (nSPS) is 10.5. The van der Waals surface area contributed by atoms with Crippen LogP contribution in [-0.4, -0.2) is 0 Å². The van der Waals surface area contributed by atoms with E-state index in [1.165, 1.54) is 5.56 Å². The first-order valence-electron chi connectivity index (χ1n) is 4.93. The molecular formula is C13H11ClO. The van der Waals surface area contributed by atoms with Crippen LogP contribution in [0.5, 0.6) is 0 Å². The maximum absolute atomic E-state index is 6.11. The van der Waals surface area contributed by atoms with Crippen LogP contribution in [0.2, 0.25) is 5.02 Å². The van der Waals surface area contributed by atoms with E-state index < -0.39 is 0 Å². The van der Waals surface area contributed by atoms with Crippen LogP contribution in [0, 0.1) is 12.3 Å². The molecule has 0 atom stereocenters. The van der Waals surface area contributed by atoms with E-state index in [4.69, 9.17) is 22.4 Å². The molecule has 0 radical (unpaired) electrons. The largest absolute Gasteiger partial charge is 0.446 e.